The molecule has 0 aliphatic heterocycles. The number of rotatable bonds is 8. The van der Waals surface area contributed by atoms with Crippen molar-refractivity contribution in [2.75, 3.05) is 6.54 Å². The van der Waals surface area contributed by atoms with Gasteiger partial charge in [-0.1, -0.05) is 13.0 Å². The smallest absolute Gasteiger partial charge is 0.217 e. The van der Waals surface area contributed by atoms with Crippen LogP contribution in [0.4, 0.5) is 0 Å². The first-order valence-electron chi connectivity index (χ1n) is 5.79. The monoisotopic (exact) mass is 240 g/mol. The van der Waals surface area contributed by atoms with Gasteiger partial charge in [0, 0.05) is 17.3 Å². The molecule has 1 amide bonds. The van der Waals surface area contributed by atoms with Crippen molar-refractivity contribution in [2.24, 2.45) is 5.73 Å². The minimum absolute atomic E-state index is 0.203. The van der Waals surface area contributed by atoms with Gasteiger partial charge in [0.25, 0.3) is 0 Å². The lowest BCUT2D eigenvalue weighted by Crippen LogP contribution is -2.21. The number of primary amides is 1. The van der Waals surface area contributed by atoms with Crippen molar-refractivity contribution in [1.29, 1.82) is 0 Å². The van der Waals surface area contributed by atoms with Crippen LogP contribution in [0.5, 0.6) is 0 Å². The molecule has 0 aliphatic rings. The molecule has 0 aliphatic carbocycles. The standard InChI is InChI=1S/C12H20N2OS/c1-2-10(11-6-5-9-16-11)14-8-4-3-7-12(13)15/h5-6,9-10,14H,2-4,7-8H2,1H3,(H2,13,15). The molecule has 3 nitrogen and oxygen atoms in total. The molecule has 0 saturated carbocycles. The van der Waals surface area contributed by atoms with Gasteiger partial charge in [-0.2, -0.15) is 0 Å². The van der Waals surface area contributed by atoms with Crippen LogP contribution in [0.25, 0.3) is 0 Å². The lowest BCUT2D eigenvalue weighted by molar-refractivity contribution is -0.118. The zero-order valence-electron chi connectivity index (χ0n) is 9.74. The SMILES string of the molecule is CCC(NCCCCC(N)=O)c1cccs1. The van der Waals surface area contributed by atoms with Crippen LogP contribution < -0.4 is 11.1 Å². The molecule has 90 valence electrons. The third-order valence-electron chi connectivity index (χ3n) is 2.54. The Labute approximate surface area is 101 Å². The molecule has 0 aromatic carbocycles. The number of unbranched alkanes of at least 4 members (excludes halogenated alkanes) is 1. The van der Waals surface area contributed by atoms with Gasteiger partial charge in [-0.25, -0.2) is 0 Å². The molecule has 16 heavy (non-hydrogen) atoms. The minimum Gasteiger partial charge on any atom is -0.370 e. The summed E-state index contributed by atoms with van der Waals surface area (Å²) in [6.07, 6.45) is 3.47. The number of hydrogen-bond acceptors (Lipinski definition) is 3. The molecule has 0 bridgehead atoms. The number of nitrogens with one attached hydrogen (secondary N) is 1. The van der Waals surface area contributed by atoms with E-state index in [0.29, 0.717) is 12.5 Å². The summed E-state index contributed by atoms with van der Waals surface area (Å²) >= 11 is 1.79. The van der Waals surface area contributed by atoms with Gasteiger partial charge in [-0.15, -0.1) is 11.3 Å². The third-order valence-corrected chi connectivity index (χ3v) is 3.52. The van der Waals surface area contributed by atoms with Gasteiger partial charge in [-0.3, -0.25) is 4.79 Å². The highest BCUT2D eigenvalue weighted by Crippen LogP contribution is 2.21. The fourth-order valence-electron chi connectivity index (χ4n) is 1.64. The predicted octanol–water partition coefficient (Wildman–Crippen LogP) is 2.44. The van der Waals surface area contributed by atoms with E-state index in [1.54, 1.807) is 11.3 Å². The Hall–Kier alpha value is -0.870. The molecular formula is C12H20N2OS. The minimum atomic E-state index is -0.203. The molecule has 0 radical (unpaired) electrons. The zero-order chi connectivity index (χ0) is 11.8. The summed E-state index contributed by atoms with van der Waals surface area (Å²) in [4.78, 5) is 11.9. The fraction of sp³-hybridized carbons (Fsp3) is 0.583. The van der Waals surface area contributed by atoms with Gasteiger partial charge < -0.3 is 11.1 Å². The number of carbonyl (C=O) groups is 1. The highest BCUT2D eigenvalue weighted by atomic mass is 32.1. The molecule has 0 fully saturated rings. The molecular weight excluding hydrogens is 220 g/mol. The van der Waals surface area contributed by atoms with E-state index in [1.165, 1.54) is 4.88 Å². The number of carbonyl (C=O) groups excluding carboxylic acids is 1. The van der Waals surface area contributed by atoms with Gasteiger partial charge in [-0.05, 0) is 37.3 Å². The highest BCUT2D eigenvalue weighted by molar-refractivity contribution is 7.10. The summed E-state index contributed by atoms with van der Waals surface area (Å²) in [6.45, 7) is 3.13. The lowest BCUT2D eigenvalue weighted by atomic mass is 10.1. The Balaban J connectivity index is 2.18. The number of hydrogen-bond donors (Lipinski definition) is 2. The molecule has 1 atom stereocenters. The van der Waals surface area contributed by atoms with E-state index in [4.69, 9.17) is 5.73 Å². The summed E-state index contributed by atoms with van der Waals surface area (Å²) in [6, 6.07) is 4.70. The van der Waals surface area contributed by atoms with E-state index in [9.17, 15) is 4.79 Å². The average molecular weight is 240 g/mol. The van der Waals surface area contributed by atoms with E-state index in [1.807, 2.05) is 0 Å². The topological polar surface area (TPSA) is 55.1 Å². The van der Waals surface area contributed by atoms with Crippen LogP contribution in [0.3, 0.4) is 0 Å². The van der Waals surface area contributed by atoms with E-state index < -0.39 is 0 Å². The number of nitrogens with two attached hydrogens (primary N) is 1. The second kappa shape index (κ2) is 7.41. The molecule has 0 saturated heterocycles. The second-order valence-corrected chi connectivity index (χ2v) is 4.83. The Bertz CT molecular complexity index is 298. The summed E-state index contributed by atoms with van der Waals surface area (Å²) in [7, 11) is 0. The van der Waals surface area contributed by atoms with E-state index in [2.05, 4.69) is 29.8 Å². The van der Waals surface area contributed by atoms with Crippen LogP contribution in [-0.4, -0.2) is 12.5 Å². The van der Waals surface area contributed by atoms with Gasteiger partial charge in [0.1, 0.15) is 0 Å². The first kappa shape index (κ1) is 13.2. The lowest BCUT2D eigenvalue weighted by Gasteiger charge is -2.15. The third kappa shape index (κ3) is 4.77. The van der Waals surface area contributed by atoms with Crippen molar-refractivity contribution in [3.8, 4) is 0 Å². The maximum Gasteiger partial charge on any atom is 0.217 e. The molecule has 1 unspecified atom stereocenters. The molecule has 0 spiro atoms. The largest absolute Gasteiger partial charge is 0.370 e. The maximum atomic E-state index is 10.5. The van der Waals surface area contributed by atoms with E-state index in [0.717, 1.165) is 25.8 Å². The second-order valence-electron chi connectivity index (χ2n) is 3.85. The van der Waals surface area contributed by atoms with Gasteiger partial charge >= 0.3 is 0 Å². The van der Waals surface area contributed by atoms with E-state index in [-0.39, 0.29) is 5.91 Å². The summed E-state index contributed by atoms with van der Waals surface area (Å²) < 4.78 is 0. The van der Waals surface area contributed by atoms with Crippen LogP contribution in [0.1, 0.15) is 43.5 Å². The summed E-state index contributed by atoms with van der Waals surface area (Å²) in [5.74, 6) is -0.203. The first-order chi connectivity index (χ1) is 7.74. The van der Waals surface area contributed by atoms with Gasteiger partial charge in [0.15, 0.2) is 0 Å². The normalized spacial score (nSPS) is 12.6. The summed E-state index contributed by atoms with van der Waals surface area (Å²) in [5.41, 5.74) is 5.08. The predicted molar refractivity (Wildman–Crippen MR) is 68.4 cm³/mol. The average Bonchev–Trinajstić information content (AvgIpc) is 2.76. The van der Waals surface area contributed by atoms with Crippen molar-refractivity contribution >= 4 is 17.2 Å². The first-order valence-corrected chi connectivity index (χ1v) is 6.67. The van der Waals surface area contributed by atoms with Gasteiger partial charge in [0.05, 0.1) is 0 Å². The molecule has 1 heterocycles. The molecule has 4 heteroatoms. The van der Waals surface area contributed by atoms with Crippen LogP contribution in [-0.2, 0) is 4.79 Å². The Morgan fingerprint density at radius 1 is 1.56 bits per heavy atom. The van der Waals surface area contributed by atoms with Crippen LogP contribution >= 0.6 is 11.3 Å². The van der Waals surface area contributed by atoms with Crippen LogP contribution in [0.15, 0.2) is 17.5 Å². The molecule has 1 rings (SSSR count). The van der Waals surface area contributed by atoms with Gasteiger partial charge in [0.2, 0.25) is 5.91 Å². The molecule has 3 N–H and O–H groups in total. The quantitative estimate of drug-likeness (QED) is 0.686. The number of amides is 1. The Morgan fingerprint density at radius 2 is 2.38 bits per heavy atom. The van der Waals surface area contributed by atoms with Crippen molar-refractivity contribution < 1.29 is 4.79 Å². The maximum absolute atomic E-state index is 10.5. The highest BCUT2D eigenvalue weighted by Gasteiger charge is 2.08. The van der Waals surface area contributed by atoms with Crippen LogP contribution in [0, 0.1) is 0 Å². The zero-order valence-corrected chi connectivity index (χ0v) is 10.6. The van der Waals surface area contributed by atoms with Crippen molar-refractivity contribution in [3.63, 3.8) is 0 Å². The van der Waals surface area contributed by atoms with Crippen molar-refractivity contribution in [3.05, 3.63) is 22.4 Å². The fourth-order valence-corrected chi connectivity index (χ4v) is 2.52. The van der Waals surface area contributed by atoms with E-state index >= 15 is 0 Å². The van der Waals surface area contributed by atoms with Crippen LogP contribution in [0.2, 0.25) is 0 Å². The Kier molecular flexibility index (Phi) is 6.11. The Morgan fingerprint density at radius 3 is 2.94 bits per heavy atom. The molecule has 1 aromatic rings. The number of thiophene rings is 1. The molecule has 1 aromatic heterocycles. The summed E-state index contributed by atoms with van der Waals surface area (Å²) in [5, 5.41) is 5.61. The van der Waals surface area contributed by atoms with Crippen molar-refractivity contribution in [2.45, 2.75) is 38.6 Å². The van der Waals surface area contributed by atoms with Crippen molar-refractivity contribution in [1.82, 2.24) is 5.32 Å².